The lowest BCUT2D eigenvalue weighted by atomic mass is 9.99. The molecular formula is C14H14ClFN2O2. The van der Waals surface area contributed by atoms with Gasteiger partial charge in [0.05, 0.1) is 12.6 Å². The van der Waals surface area contributed by atoms with Crippen LogP contribution in [-0.4, -0.2) is 18.3 Å². The summed E-state index contributed by atoms with van der Waals surface area (Å²) in [5, 5.41) is 0.306. The van der Waals surface area contributed by atoms with E-state index in [0.29, 0.717) is 22.7 Å². The van der Waals surface area contributed by atoms with Crippen molar-refractivity contribution in [1.82, 2.24) is 0 Å². The van der Waals surface area contributed by atoms with Crippen LogP contribution < -0.4 is 5.73 Å². The number of esters is 1. The van der Waals surface area contributed by atoms with Crippen molar-refractivity contribution in [3.05, 3.63) is 46.4 Å². The molecule has 1 aliphatic heterocycles. The number of hydrogen-bond donors (Lipinski definition) is 1. The monoisotopic (exact) mass is 296 g/mol. The third kappa shape index (κ3) is 3.17. The fraction of sp³-hybridized carbons (Fsp3) is 0.286. The zero-order valence-electron chi connectivity index (χ0n) is 10.9. The van der Waals surface area contributed by atoms with Gasteiger partial charge in [0.2, 0.25) is 0 Å². The van der Waals surface area contributed by atoms with Gasteiger partial charge in [0.1, 0.15) is 11.5 Å². The zero-order valence-corrected chi connectivity index (χ0v) is 11.7. The minimum absolute atomic E-state index is 0.106. The molecule has 1 aliphatic rings. The number of aliphatic imine (C=N–C) groups is 1. The molecule has 1 aromatic carbocycles. The molecule has 2 N–H and O–H groups in total. The minimum Gasteiger partial charge on any atom is -0.461 e. The Labute approximate surface area is 121 Å². The largest absolute Gasteiger partial charge is 0.461 e. The first-order valence-electron chi connectivity index (χ1n) is 6.17. The number of carbonyl (C=O) groups excluding carboxylic acids is 1. The first-order valence-corrected chi connectivity index (χ1v) is 6.55. The molecule has 0 spiro atoms. The molecule has 0 fully saturated rings. The quantitative estimate of drug-likeness (QED) is 0.872. The predicted octanol–water partition coefficient (Wildman–Crippen LogP) is 2.77. The van der Waals surface area contributed by atoms with Crippen LogP contribution in [0.15, 0.2) is 35.0 Å². The summed E-state index contributed by atoms with van der Waals surface area (Å²) in [5.74, 6) is -1.03. The number of halogens is 2. The van der Waals surface area contributed by atoms with E-state index in [-0.39, 0.29) is 12.3 Å². The second-order valence-electron chi connectivity index (χ2n) is 4.34. The maximum Gasteiger partial charge on any atom is 0.356 e. The Morgan fingerprint density at radius 2 is 2.35 bits per heavy atom. The van der Waals surface area contributed by atoms with Crippen molar-refractivity contribution in [1.29, 1.82) is 0 Å². The highest BCUT2D eigenvalue weighted by Gasteiger charge is 2.23. The maximum absolute atomic E-state index is 13.9. The molecule has 6 heteroatoms. The van der Waals surface area contributed by atoms with Crippen LogP contribution in [0, 0.1) is 5.82 Å². The number of nitrogens with zero attached hydrogens (tertiary/aromatic N) is 1. The molecule has 0 bridgehead atoms. The predicted molar refractivity (Wildman–Crippen MR) is 75.1 cm³/mol. The molecule has 0 aromatic heterocycles. The number of nitrogens with two attached hydrogens (primary N) is 1. The van der Waals surface area contributed by atoms with E-state index >= 15 is 0 Å². The van der Waals surface area contributed by atoms with Gasteiger partial charge in [-0.3, -0.25) is 4.99 Å². The van der Waals surface area contributed by atoms with Gasteiger partial charge < -0.3 is 10.5 Å². The van der Waals surface area contributed by atoms with E-state index in [1.54, 1.807) is 19.1 Å². The third-order valence-electron chi connectivity index (χ3n) is 2.85. The number of ether oxygens (including phenoxy) is 1. The molecule has 0 saturated carbocycles. The number of benzene rings is 1. The summed E-state index contributed by atoms with van der Waals surface area (Å²) in [7, 11) is 0. The summed E-state index contributed by atoms with van der Waals surface area (Å²) in [4.78, 5) is 15.9. The Hall–Kier alpha value is -1.88. The van der Waals surface area contributed by atoms with Crippen LogP contribution in [0.5, 0.6) is 0 Å². The molecule has 1 atom stereocenters. The van der Waals surface area contributed by atoms with E-state index in [1.807, 2.05) is 0 Å². The summed E-state index contributed by atoms with van der Waals surface area (Å²) in [6, 6.07) is 3.79. The van der Waals surface area contributed by atoms with Gasteiger partial charge in [-0.1, -0.05) is 17.7 Å². The van der Waals surface area contributed by atoms with Gasteiger partial charge in [-0.2, -0.15) is 0 Å². The average Bonchev–Trinajstić information content (AvgIpc) is 2.38. The van der Waals surface area contributed by atoms with Crippen molar-refractivity contribution >= 4 is 23.3 Å². The second kappa shape index (κ2) is 6.05. The second-order valence-corrected chi connectivity index (χ2v) is 4.78. The van der Waals surface area contributed by atoms with Gasteiger partial charge in [0.25, 0.3) is 0 Å². The van der Waals surface area contributed by atoms with Crippen LogP contribution in [0.25, 0.3) is 0 Å². The van der Waals surface area contributed by atoms with Gasteiger partial charge in [-0.25, -0.2) is 9.18 Å². The van der Waals surface area contributed by atoms with Gasteiger partial charge in [0, 0.05) is 22.7 Å². The normalized spacial score (nSPS) is 18.2. The molecule has 4 nitrogen and oxygen atoms in total. The third-order valence-corrected chi connectivity index (χ3v) is 3.09. The maximum atomic E-state index is 13.9. The van der Waals surface area contributed by atoms with Crippen molar-refractivity contribution in [3.63, 3.8) is 0 Å². The average molecular weight is 297 g/mol. The Morgan fingerprint density at radius 3 is 3.00 bits per heavy atom. The first-order chi connectivity index (χ1) is 9.51. The molecule has 0 amide bonds. The Morgan fingerprint density at radius 1 is 1.60 bits per heavy atom. The number of hydrogen-bond acceptors (Lipinski definition) is 4. The minimum atomic E-state index is -0.561. The lowest BCUT2D eigenvalue weighted by molar-refractivity contribution is -0.134. The van der Waals surface area contributed by atoms with E-state index in [9.17, 15) is 9.18 Å². The standard InChI is InChI=1S/C14H14ClFN2O2/c1-2-20-14(19)13-7-9(17)6-12(18-13)10-4-3-8(15)5-11(10)16/h3-5,7,12H,2,6,17H2,1H3. The Bertz CT molecular complexity index is 599. The van der Waals surface area contributed by atoms with Crippen LogP contribution in [0.2, 0.25) is 5.02 Å². The highest BCUT2D eigenvalue weighted by molar-refractivity contribution is 6.41. The molecule has 0 saturated heterocycles. The molecule has 106 valence electrons. The SMILES string of the molecule is CCOC(=O)C1=NC(c2ccc(Cl)cc2F)CC(N)=C1. The molecule has 0 aliphatic carbocycles. The van der Waals surface area contributed by atoms with Crippen molar-refractivity contribution < 1.29 is 13.9 Å². The summed E-state index contributed by atoms with van der Waals surface area (Å²) >= 11 is 5.72. The topological polar surface area (TPSA) is 64.7 Å². The van der Waals surface area contributed by atoms with E-state index in [4.69, 9.17) is 22.1 Å². The smallest absolute Gasteiger partial charge is 0.356 e. The summed E-state index contributed by atoms with van der Waals surface area (Å²) in [5.41, 5.74) is 6.71. The summed E-state index contributed by atoms with van der Waals surface area (Å²) < 4.78 is 18.8. The zero-order chi connectivity index (χ0) is 14.7. The molecule has 2 rings (SSSR count). The van der Waals surface area contributed by atoms with Crippen molar-refractivity contribution in [2.45, 2.75) is 19.4 Å². The lowest BCUT2D eigenvalue weighted by Gasteiger charge is -2.19. The molecule has 1 aromatic rings. The summed E-state index contributed by atoms with van der Waals surface area (Å²) in [6.45, 7) is 1.94. The van der Waals surface area contributed by atoms with E-state index < -0.39 is 17.8 Å². The van der Waals surface area contributed by atoms with Crippen LogP contribution in [-0.2, 0) is 9.53 Å². The number of dihydropyridines is 1. The van der Waals surface area contributed by atoms with Crippen molar-refractivity contribution in [2.75, 3.05) is 6.61 Å². The van der Waals surface area contributed by atoms with Crippen molar-refractivity contribution in [2.24, 2.45) is 10.7 Å². The lowest BCUT2D eigenvalue weighted by Crippen LogP contribution is -2.22. The molecular weight excluding hydrogens is 283 g/mol. The van der Waals surface area contributed by atoms with Crippen LogP contribution in [0.3, 0.4) is 0 Å². The number of carbonyl (C=O) groups is 1. The van der Waals surface area contributed by atoms with Crippen LogP contribution >= 0.6 is 11.6 Å². The number of rotatable bonds is 3. The summed E-state index contributed by atoms with van der Waals surface area (Å²) in [6.07, 6.45) is 1.81. The Balaban J connectivity index is 2.33. The van der Waals surface area contributed by atoms with Crippen LogP contribution in [0.4, 0.5) is 4.39 Å². The van der Waals surface area contributed by atoms with Crippen LogP contribution in [0.1, 0.15) is 24.9 Å². The fourth-order valence-electron chi connectivity index (χ4n) is 1.98. The highest BCUT2D eigenvalue weighted by Crippen LogP contribution is 2.30. The highest BCUT2D eigenvalue weighted by atomic mass is 35.5. The van der Waals surface area contributed by atoms with Gasteiger partial charge >= 0.3 is 5.97 Å². The molecule has 20 heavy (non-hydrogen) atoms. The molecule has 1 unspecified atom stereocenters. The van der Waals surface area contributed by atoms with Gasteiger partial charge in [-0.15, -0.1) is 0 Å². The first kappa shape index (κ1) is 14.5. The van der Waals surface area contributed by atoms with E-state index in [2.05, 4.69) is 4.99 Å². The van der Waals surface area contributed by atoms with Crippen molar-refractivity contribution in [3.8, 4) is 0 Å². The molecule has 0 radical (unpaired) electrons. The fourth-order valence-corrected chi connectivity index (χ4v) is 2.14. The Kier molecular flexibility index (Phi) is 4.39. The van der Waals surface area contributed by atoms with Gasteiger partial charge in [0.15, 0.2) is 0 Å². The van der Waals surface area contributed by atoms with Gasteiger partial charge in [-0.05, 0) is 25.1 Å². The van der Waals surface area contributed by atoms with E-state index in [1.165, 1.54) is 12.1 Å². The van der Waals surface area contributed by atoms with E-state index in [0.717, 1.165) is 0 Å². The molecule has 1 heterocycles.